The molecule has 4 N–H and O–H groups in total. The van der Waals surface area contributed by atoms with Crippen LogP contribution in [0, 0.1) is 5.92 Å². The zero-order valence-corrected chi connectivity index (χ0v) is 18.1. The molecule has 0 radical (unpaired) electrons. The first kappa shape index (κ1) is 21.6. The van der Waals surface area contributed by atoms with Gasteiger partial charge in [0.05, 0.1) is 5.41 Å². The third-order valence-electron chi connectivity index (χ3n) is 6.44. The van der Waals surface area contributed by atoms with Crippen molar-refractivity contribution in [1.82, 2.24) is 15.2 Å². The Balaban J connectivity index is 1.23. The number of nitrogens with one attached hydrogen (secondary N) is 2. The molecule has 2 aliphatic rings. The van der Waals surface area contributed by atoms with Crippen LogP contribution in [0.2, 0.25) is 5.02 Å². The minimum atomic E-state index is -0.432. The summed E-state index contributed by atoms with van der Waals surface area (Å²) in [6.45, 7) is 1.75. The summed E-state index contributed by atoms with van der Waals surface area (Å²) in [6, 6.07) is 10.8. The van der Waals surface area contributed by atoms with Crippen LogP contribution in [-0.2, 0) is 10.2 Å². The summed E-state index contributed by atoms with van der Waals surface area (Å²) in [5.74, 6) is 0.315. The van der Waals surface area contributed by atoms with Gasteiger partial charge in [-0.3, -0.25) is 9.78 Å². The molecule has 4 rings (SSSR count). The van der Waals surface area contributed by atoms with Gasteiger partial charge in [0.25, 0.3) is 0 Å². The Morgan fingerprint density at radius 3 is 2.39 bits per heavy atom. The number of benzene rings is 1. The number of carbonyl (C=O) groups is 2. The summed E-state index contributed by atoms with van der Waals surface area (Å²) in [4.78, 5) is 31.0. The lowest BCUT2D eigenvalue weighted by atomic mass is 9.89. The molecule has 1 aromatic carbocycles. The van der Waals surface area contributed by atoms with Gasteiger partial charge in [-0.15, -0.1) is 0 Å². The van der Waals surface area contributed by atoms with Gasteiger partial charge >= 0.3 is 6.03 Å². The largest absolute Gasteiger partial charge is 0.354 e. The lowest BCUT2D eigenvalue weighted by Crippen LogP contribution is -2.49. The van der Waals surface area contributed by atoms with Gasteiger partial charge in [0, 0.05) is 48.8 Å². The van der Waals surface area contributed by atoms with E-state index in [4.69, 9.17) is 17.3 Å². The van der Waals surface area contributed by atoms with Gasteiger partial charge in [-0.25, -0.2) is 4.79 Å². The monoisotopic (exact) mass is 441 g/mol. The molecule has 2 aromatic rings. The molecule has 3 amide bonds. The fourth-order valence-electron chi connectivity index (χ4n) is 4.26. The number of carbonyl (C=O) groups excluding carboxylic acids is 2. The second-order valence-corrected chi connectivity index (χ2v) is 8.89. The Morgan fingerprint density at radius 2 is 1.77 bits per heavy atom. The first-order valence-electron chi connectivity index (χ1n) is 10.7. The molecular formula is C23H28ClN5O2. The second kappa shape index (κ2) is 9.24. The molecule has 1 aliphatic heterocycles. The Kier molecular flexibility index (Phi) is 6.43. The first-order chi connectivity index (χ1) is 15.0. The minimum Gasteiger partial charge on any atom is -0.354 e. The molecule has 1 saturated carbocycles. The summed E-state index contributed by atoms with van der Waals surface area (Å²) >= 11 is 5.97. The first-order valence-corrected chi connectivity index (χ1v) is 11.1. The number of piperidine rings is 1. The minimum absolute atomic E-state index is 0.0411. The van der Waals surface area contributed by atoms with E-state index in [1.807, 2.05) is 29.2 Å². The number of nitrogens with two attached hydrogens (primary N) is 1. The van der Waals surface area contributed by atoms with Crippen LogP contribution >= 0.6 is 11.6 Å². The van der Waals surface area contributed by atoms with Crippen LogP contribution in [0.15, 0.2) is 48.8 Å². The van der Waals surface area contributed by atoms with Crippen molar-refractivity contribution in [3.05, 3.63) is 59.4 Å². The molecule has 1 aromatic heterocycles. The predicted molar refractivity (Wildman–Crippen MR) is 121 cm³/mol. The molecule has 0 bridgehead atoms. The molecule has 0 spiro atoms. The summed E-state index contributed by atoms with van der Waals surface area (Å²) < 4.78 is 0. The van der Waals surface area contributed by atoms with Crippen molar-refractivity contribution in [3.63, 3.8) is 0 Å². The van der Waals surface area contributed by atoms with E-state index in [2.05, 4.69) is 15.6 Å². The second-order valence-electron chi connectivity index (χ2n) is 8.45. The molecule has 1 saturated heterocycles. The molecule has 31 heavy (non-hydrogen) atoms. The van der Waals surface area contributed by atoms with Gasteiger partial charge in [-0.1, -0.05) is 23.7 Å². The van der Waals surface area contributed by atoms with Crippen LogP contribution in [-0.4, -0.2) is 47.5 Å². The smallest absolute Gasteiger partial charge is 0.321 e. The third kappa shape index (κ3) is 4.99. The van der Waals surface area contributed by atoms with Crippen LogP contribution in [0.1, 0.15) is 31.2 Å². The fourth-order valence-corrected chi connectivity index (χ4v) is 4.38. The van der Waals surface area contributed by atoms with E-state index in [0.717, 1.165) is 36.9 Å². The highest BCUT2D eigenvalue weighted by atomic mass is 35.5. The molecular weight excluding hydrogens is 414 g/mol. The van der Waals surface area contributed by atoms with Crippen LogP contribution in [0.3, 0.4) is 0 Å². The van der Waals surface area contributed by atoms with E-state index >= 15 is 0 Å². The highest BCUT2D eigenvalue weighted by Gasteiger charge is 2.51. The quantitative estimate of drug-likeness (QED) is 0.641. The number of hydrogen-bond acceptors (Lipinski definition) is 4. The lowest BCUT2D eigenvalue weighted by molar-refractivity contribution is -0.123. The summed E-state index contributed by atoms with van der Waals surface area (Å²) in [5, 5.41) is 6.62. The van der Waals surface area contributed by atoms with E-state index in [1.54, 1.807) is 24.5 Å². The number of hydrogen-bond donors (Lipinski definition) is 3. The van der Waals surface area contributed by atoms with E-state index in [9.17, 15) is 9.59 Å². The normalized spacial score (nSPS) is 18.8. The fraction of sp³-hybridized carbons (Fsp3) is 0.435. The molecule has 1 atom stereocenters. The predicted octanol–water partition coefficient (Wildman–Crippen LogP) is 3.15. The van der Waals surface area contributed by atoms with Crippen LogP contribution < -0.4 is 16.4 Å². The van der Waals surface area contributed by atoms with E-state index in [0.29, 0.717) is 24.7 Å². The van der Waals surface area contributed by atoms with E-state index in [-0.39, 0.29) is 23.9 Å². The molecule has 8 heteroatoms. The van der Waals surface area contributed by atoms with Crippen molar-refractivity contribution >= 4 is 29.2 Å². The standard InChI is InChI=1S/C23H28ClN5O2/c24-18-3-1-17(2-4-18)23(9-10-23)21(30)27-15-20(25)16-7-13-29(14-8-16)22(31)28-19-5-11-26-12-6-19/h1-6,11-12,16,20H,7-10,13-15,25H2,(H,27,30)(H,26,28,31)/t20-/m1/s1. The van der Waals surface area contributed by atoms with Crippen molar-refractivity contribution in [2.45, 2.75) is 37.1 Å². The van der Waals surface area contributed by atoms with Gasteiger partial charge in [-0.2, -0.15) is 0 Å². The summed E-state index contributed by atoms with van der Waals surface area (Å²) in [7, 11) is 0. The Bertz CT molecular complexity index is 909. The maximum absolute atomic E-state index is 12.8. The zero-order chi connectivity index (χ0) is 21.8. The Morgan fingerprint density at radius 1 is 1.13 bits per heavy atom. The van der Waals surface area contributed by atoms with Crippen molar-refractivity contribution in [2.75, 3.05) is 25.0 Å². The third-order valence-corrected chi connectivity index (χ3v) is 6.70. The molecule has 164 valence electrons. The highest BCUT2D eigenvalue weighted by Crippen LogP contribution is 2.48. The number of aromatic nitrogens is 1. The Hall–Kier alpha value is -2.64. The molecule has 1 aliphatic carbocycles. The number of urea groups is 1. The number of amides is 3. The lowest BCUT2D eigenvalue weighted by Gasteiger charge is -2.35. The highest BCUT2D eigenvalue weighted by molar-refractivity contribution is 6.30. The Labute approximate surface area is 187 Å². The van der Waals surface area contributed by atoms with Crippen molar-refractivity contribution in [3.8, 4) is 0 Å². The van der Waals surface area contributed by atoms with Gasteiger partial charge < -0.3 is 21.3 Å². The average molecular weight is 442 g/mol. The SMILES string of the molecule is N[C@H](CNC(=O)C1(c2ccc(Cl)cc2)CC1)C1CCN(C(=O)Nc2ccncc2)CC1. The van der Waals surface area contributed by atoms with Crippen molar-refractivity contribution in [1.29, 1.82) is 0 Å². The average Bonchev–Trinajstić information content (AvgIpc) is 3.60. The number of pyridine rings is 1. The van der Waals surface area contributed by atoms with Gasteiger partial charge in [0.15, 0.2) is 0 Å². The number of rotatable bonds is 6. The summed E-state index contributed by atoms with van der Waals surface area (Å²) in [6.07, 6.45) is 6.63. The topological polar surface area (TPSA) is 100 Å². The van der Waals surface area contributed by atoms with E-state index in [1.165, 1.54) is 0 Å². The zero-order valence-electron chi connectivity index (χ0n) is 17.4. The van der Waals surface area contributed by atoms with Crippen LogP contribution in [0.5, 0.6) is 0 Å². The maximum atomic E-state index is 12.8. The van der Waals surface area contributed by atoms with Gasteiger partial charge in [0.2, 0.25) is 5.91 Å². The van der Waals surface area contributed by atoms with E-state index < -0.39 is 5.41 Å². The van der Waals surface area contributed by atoms with Crippen LogP contribution in [0.4, 0.5) is 10.5 Å². The molecule has 2 heterocycles. The van der Waals surface area contributed by atoms with Gasteiger partial charge in [0.1, 0.15) is 0 Å². The molecule has 7 nitrogen and oxygen atoms in total. The summed E-state index contributed by atoms with van der Waals surface area (Å²) in [5.41, 5.74) is 7.72. The number of nitrogens with zero attached hydrogens (tertiary/aromatic N) is 2. The van der Waals surface area contributed by atoms with Crippen molar-refractivity contribution in [2.24, 2.45) is 11.7 Å². The van der Waals surface area contributed by atoms with Crippen LogP contribution in [0.25, 0.3) is 0 Å². The maximum Gasteiger partial charge on any atom is 0.321 e. The number of anilines is 1. The molecule has 0 unspecified atom stereocenters. The number of halogens is 1. The molecule has 2 fully saturated rings. The number of likely N-dealkylation sites (tertiary alicyclic amines) is 1. The van der Waals surface area contributed by atoms with Crippen molar-refractivity contribution < 1.29 is 9.59 Å². The van der Waals surface area contributed by atoms with Gasteiger partial charge in [-0.05, 0) is 61.4 Å².